The van der Waals surface area contributed by atoms with Crippen molar-refractivity contribution in [3.63, 3.8) is 0 Å². The van der Waals surface area contributed by atoms with E-state index in [-0.39, 0.29) is 37.8 Å². The molecule has 0 amide bonds. The summed E-state index contributed by atoms with van der Waals surface area (Å²) in [6, 6.07) is 0. The molecule has 0 bridgehead atoms. The molecule has 0 aliphatic rings. The van der Waals surface area contributed by atoms with E-state index in [2.05, 4.69) is 4.98 Å². The third kappa shape index (κ3) is 5.51. The highest BCUT2D eigenvalue weighted by atomic mass is 16.6. The van der Waals surface area contributed by atoms with Gasteiger partial charge in [0.25, 0.3) is 0 Å². The summed E-state index contributed by atoms with van der Waals surface area (Å²) in [5.41, 5.74) is 0. The minimum atomic E-state index is -0.541. The molecule has 0 fully saturated rings. The fourth-order valence-corrected chi connectivity index (χ4v) is 1.81. The maximum absolute atomic E-state index is 11.5. The number of aryl methyl sites for hydroxylation is 1. The number of ether oxygens (including phenoxy) is 2. The van der Waals surface area contributed by atoms with E-state index in [1.807, 2.05) is 0 Å². The van der Waals surface area contributed by atoms with Gasteiger partial charge in [-0.15, -0.1) is 0 Å². The predicted octanol–water partition coefficient (Wildman–Crippen LogP) is 1.38. The maximum atomic E-state index is 11.5. The number of hydrogen-bond acceptors (Lipinski definition) is 7. The lowest BCUT2D eigenvalue weighted by Crippen LogP contribution is -2.14. The maximum Gasteiger partial charge on any atom is 0.342 e. The standard InChI is InChI=1S/C13H19N3O6/c1-3-21-12(17)5-4-6-13(18)22-8-7-15-10(2)14-9-11(15)16(19)20/h9H,3-8H2,1-2H3. The van der Waals surface area contributed by atoms with Crippen molar-refractivity contribution in [2.75, 3.05) is 13.2 Å². The van der Waals surface area contributed by atoms with Gasteiger partial charge >= 0.3 is 17.8 Å². The Bertz CT molecular complexity index is 540. The van der Waals surface area contributed by atoms with Gasteiger partial charge in [0.2, 0.25) is 0 Å². The Hall–Kier alpha value is -2.45. The molecule has 1 aromatic heterocycles. The molecule has 0 aliphatic heterocycles. The molecule has 0 aromatic carbocycles. The summed E-state index contributed by atoms with van der Waals surface area (Å²) in [5.74, 6) is -0.467. The molecule has 0 unspecified atom stereocenters. The van der Waals surface area contributed by atoms with E-state index in [0.29, 0.717) is 18.9 Å². The summed E-state index contributed by atoms with van der Waals surface area (Å²) in [6.45, 7) is 3.83. The van der Waals surface area contributed by atoms with Crippen molar-refractivity contribution < 1.29 is 24.0 Å². The van der Waals surface area contributed by atoms with Gasteiger partial charge in [-0.05, 0) is 18.3 Å². The monoisotopic (exact) mass is 313 g/mol. The number of rotatable bonds is 9. The Morgan fingerprint density at radius 2 is 1.95 bits per heavy atom. The van der Waals surface area contributed by atoms with E-state index >= 15 is 0 Å². The van der Waals surface area contributed by atoms with E-state index in [4.69, 9.17) is 9.47 Å². The highest BCUT2D eigenvalue weighted by molar-refractivity contribution is 5.72. The van der Waals surface area contributed by atoms with Gasteiger partial charge in [0.05, 0.1) is 6.61 Å². The van der Waals surface area contributed by atoms with Gasteiger partial charge in [-0.3, -0.25) is 9.59 Å². The lowest BCUT2D eigenvalue weighted by Gasteiger charge is -2.05. The highest BCUT2D eigenvalue weighted by Crippen LogP contribution is 2.13. The summed E-state index contributed by atoms with van der Waals surface area (Å²) in [4.78, 5) is 36.7. The highest BCUT2D eigenvalue weighted by Gasteiger charge is 2.17. The Balaban J connectivity index is 2.30. The molecule has 1 heterocycles. The van der Waals surface area contributed by atoms with Gasteiger partial charge in [-0.1, -0.05) is 0 Å². The molecule has 0 aliphatic carbocycles. The van der Waals surface area contributed by atoms with E-state index in [1.54, 1.807) is 13.8 Å². The van der Waals surface area contributed by atoms with Crippen LogP contribution in [0.4, 0.5) is 5.82 Å². The van der Waals surface area contributed by atoms with Gasteiger partial charge < -0.3 is 19.6 Å². The van der Waals surface area contributed by atoms with Crippen LogP contribution in [-0.2, 0) is 25.6 Å². The van der Waals surface area contributed by atoms with Crippen LogP contribution in [0.2, 0.25) is 0 Å². The SMILES string of the molecule is CCOC(=O)CCCC(=O)OCCn1c([N+](=O)[O-])cnc1C. The quantitative estimate of drug-likeness (QED) is 0.384. The fraction of sp³-hybridized carbons (Fsp3) is 0.615. The fourth-order valence-electron chi connectivity index (χ4n) is 1.81. The van der Waals surface area contributed by atoms with E-state index in [0.717, 1.165) is 6.20 Å². The largest absolute Gasteiger partial charge is 0.466 e. The number of carbonyl (C=O) groups is 2. The first-order chi connectivity index (χ1) is 10.5. The first-order valence-electron chi connectivity index (χ1n) is 6.93. The number of nitro groups is 1. The summed E-state index contributed by atoms with van der Waals surface area (Å²) < 4.78 is 11.1. The normalized spacial score (nSPS) is 10.3. The minimum absolute atomic E-state index is 0.0102. The number of imidazole rings is 1. The van der Waals surface area contributed by atoms with Crippen LogP contribution < -0.4 is 0 Å². The minimum Gasteiger partial charge on any atom is -0.466 e. The van der Waals surface area contributed by atoms with Gasteiger partial charge in [0, 0.05) is 19.8 Å². The van der Waals surface area contributed by atoms with Crippen molar-refractivity contribution >= 4 is 17.8 Å². The van der Waals surface area contributed by atoms with E-state index in [9.17, 15) is 19.7 Å². The summed E-state index contributed by atoms with van der Waals surface area (Å²) in [6.07, 6.45) is 1.78. The van der Waals surface area contributed by atoms with Gasteiger partial charge in [-0.25, -0.2) is 9.55 Å². The Morgan fingerprint density at radius 1 is 1.32 bits per heavy atom. The molecule has 9 nitrogen and oxygen atoms in total. The average Bonchev–Trinajstić information content (AvgIpc) is 2.81. The Kier molecular flexibility index (Phi) is 7.00. The smallest absolute Gasteiger partial charge is 0.342 e. The van der Waals surface area contributed by atoms with Crippen LogP contribution in [0.25, 0.3) is 0 Å². The molecule has 0 radical (unpaired) electrons. The second kappa shape index (κ2) is 8.75. The molecule has 0 N–H and O–H groups in total. The Labute approximate surface area is 127 Å². The topological polar surface area (TPSA) is 114 Å². The van der Waals surface area contributed by atoms with Gasteiger partial charge in [0.15, 0.2) is 5.82 Å². The molecule has 1 aromatic rings. The molecule has 122 valence electrons. The summed E-state index contributed by atoms with van der Waals surface area (Å²) in [7, 11) is 0. The lowest BCUT2D eigenvalue weighted by atomic mass is 10.2. The van der Waals surface area contributed by atoms with Crippen molar-refractivity contribution in [2.24, 2.45) is 0 Å². The van der Waals surface area contributed by atoms with Crippen LogP contribution in [0.5, 0.6) is 0 Å². The molecule has 0 spiro atoms. The molecular formula is C13H19N3O6. The first-order valence-corrected chi connectivity index (χ1v) is 6.93. The number of esters is 2. The van der Waals surface area contributed by atoms with Gasteiger partial charge in [0.1, 0.15) is 19.3 Å². The second-order valence-corrected chi connectivity index (χ2v) is 4.45. The zero-order valence-electron chi connectivity index (χ0n) is 12.6. The van der Waals surface area contributed by atoms with Crippen LogP contribution in [0, 0.1) is 17.0 Å². The zero-order valence-corrected chi connectivity index (χ0v) is 12.6. The van der Waals surface area contributed by atoms with Crippen molar-refractivity contribution in [1.82, 2.24) is 9.55 Å². The molecular weight excluding hydrogens is 294 g/mol. The van der Waals surface area contributed by atoms with Crippen molar-refractivity contribution in [2.45, 2.75) is 39.7 Å². The van der Waals surface area contributed by atoms with Crippen molar-refractivity contribution in [3.05, 3.63) is 22.1 Å². The molecule has 22 heavy (non-hydrogen) atoms. The lowest BCUT2D eigenvalue weighted by molar-refractivity contribution is -0.392. The molecule has 0 saturated heterocycles. The summed E-state index contributed by atoms with van der Waals surface area (Å²) in [5, 5.41) is 10.8. The third-order valence-electron chi connectivity index (χ3n) is 2.87. The molecule has 1 rings (SSSR count). The Morgan fingerprint density at radius 3 is 2.55 bits per heavy atom. The molecule has 9 heteroatoms. The van der Waals surface area contributed by atoms with Crippen LogP contribution in [-0.4, -0.2) is 39.6 Å². The van der Waals surface area contributed by atoms with Crippen molar-refractivity contribution in [3.8, 4) is 0 Å². The number of hydrogen-bond donors (Lipinski definition) is 0. The summed E-state index contributed by atoms with van der Waals surface area (Å²) >= 11 is 0. The predicted molar refractivity (Wildman–Crippen MR) is 75.1 cm³/mol. The average molecular weight is 313 g/mol. The van der Waals surface area contributed by atoms with Crippen LogP contribution in [0.15, 0.2) is 6.20 Å². The number of nitrogens with zero attached hydrogens (tertiary/aromatic N) is 3. The number of carbonyl (C=O) groups excluding carboxylic acids is 2. The first kappa shape index (κ1) is 17.6. The molecule has 0 atom stereocenters. The van der Waals surface area contributed by atoms with E-state index < -0.39 is 10.9 Å². The van der Waals surface area contributed by atoms with Crippen LogP contribution in [0.3, 0.4) is 0 Å². The molecule has 0 saturated carbocycles. The van der Waals surface area contributed by atoms with Crippen molar-refractivity contribution in [1.29, 1.82) is 0 Å². The van der Waals surface area contributed by atoms with Crippen LogP contribution in [0.1, 0.15) is 32.0 Å². The zero-order chi connectivity index (χ0) is 16.5. The second-order valence-electron chi connectivity index (χ2n) is 4.45. The van der Waals surface area contributed by atoms with Gasteiger partial charge in [-0.2, -0.15) is 0 Å². The van der Waals surface area contributed by atoms with Crippen LogP contribution >= 0.6 is 0 Å². The van der Waals surface area contributed by atoms with E-state index in [1.165, 1.54) is 4.57 Å². The number of aromatic nitrogens is 2. The third-order valence-corrected chi connectivity index (χ3v) is 2.87.